The number of nitriles is 2. The molecule has 0 fully saturated rings. The maximum Gasteiger partial charge on any atom is 0.320 e. The molecule has 1 aromatic carbocycles. The molecule has 0 aromatic heterocycles. The summed E-state index contributed by atoms with van der Waals surface area (Å²) in [4.78, 5) is 27.7. The van der Waals surface area contributed by atoms with E-state index in [9.17, 15) is 9.59 Å². The zero-order valence-corrected chi connectivity index (χ0v) is 15.1. The normalized spacial score (nSPS) is 10.0. The van der Waals surface area contributed by atoms with E-state index >= 15 is 0 Å². The lowest BCUT2D eigenvalue weighted by molar-refractivity contribution is -0.145. The third kappa shape index (κ3) is 8.27. The molecule has 0 spiro atoms. The molecule has 0 heterocycles. The van der Waals surface area contributed by atoms with E-state index < -0.39 is 5.97 Å². The highest BCUT2D eigenvalue weighted by molar-refractivity contribution is 5.79. The molecule has 0 saturated carbocycles. The SMILES string of the molecule is CCOC(=O)CN(CC(=O)N(CCC#N)CCC#N)Cc1ccccc1. The van der Waals surface area contributed by atoms with Crippen LogP contribution in [0.1, 0.15) is 25.3 Å². The molecular formula is C19H24N4O3. The van der Waals surface area contributed by atoms with E-state index in [0.717, 1.165) is 5.56 Å². The van der Waals surface area contributed by atoms with Gasteiger partial charge in [-0.2, -0.15) is 10.5 Å². The minimum absolute atomic E-state index is 0.00118. The molecular weight excluding hydrogens is 332 g/mol. The molecule has 0 saturated heterocycles. The molecule has 26 heavy (non-hydrogen) atoms. The summed E-state index contributed by atoms with van der Waals surface area (Å²) in [6.45, 7) is 3.00. The quantitative estimate of drug-likeness (QED) is 0.560. The van der Waals surface area contributed by atoms with Crippen molar-refractivity contribution in [3.63, 3.8) is 0 Å². The van der Waals surface area contributed by atoms with Gasteiger partial charge >= 0.3 is 5.97 Å². The monoisotopic (exact) mass is 356 g/mol. The molecule has 1 rings (SSSR count). The Morgan fingerprint density at radius 3 is 2.19 bits per heavy atom. The summed E-state index contributed by atoms with van der Waals surface area (Å²) in [6, 6.07) is 13.5. The van der Waals surface area contributed by atoms with Crippen LogP contribution >= 0.6 is 0 Å². The number of benzene rings is 1. The van der Waals surface area contributed by atoms with E-state index in [1.165, 1.54) is 4.90 Å². The molecule has 0 radical (unpaired) electrons. The number of ether oxygens (including phenoxy) is 1. The maximum atomic E-state index is 12.6. The van der Waals surface area contributed by atoms with Crippen LogP contribution in [0.15, 0.2) is 30.3 Å². The lowest BCUT2D eigenvalue weighted by Crippen LogP contribution is -2.43. The zero-order chi connectivity index (χ0) is 19.2. The Morgan fingerprint density at radius 2 is 1.65 bits per heavy atom. The van der Waals surface area contributed by atoms with Gasteiger partial charge < -0.3 is 9.64 Å². The zero-order valence-electron chi connectivity index (χ0n) is 15.1. The van der Waals surface area contributed by atoms with E-state index in [4.69, 9.17) is 15.3 Å². The van der Waals surface area contributed by atoms with Crippen LogP contribution < -0.4 is 0 Å². The number of carbonyl (C=O) groups excluding carboxylic acids is 2. The minimum atomic E-state index is -0.392. The first-order valence-corrected chi connectivity index (χ1v) is 8.54. The van der Waals surface area contributed by atoms with Gasteiger partial charge in [-0.3, -0.25) is 14.5 Å². The van der Waals surface area contributed by atoms with E-state index in [-0.39, 0.29) is 51.5 Å². The van der Waals surface area contributed by atoms with Gasteiger partial charge in [-0.1, -0.05) is 30.3 Å². The highest BCUT2D eigenvalue weighted by atomic mass is 16.5. The van der Waals surface area contributed by atoms with Crippen molar-refractivity contribution in [2.75, 3.05) is 32.8 Å². The van der Waals surface area contributed by atoms with E-state index in [0.29, 0.717) is 6.54 Å². The average molecular weight is 356 g/mol. The van der Waals surface area contributed by atoms with Crippen molar-refractivity contribution in [3.05, 3.63) is 35.9 Å². The number of hydrogen-bond donors (Lipinski definition) is 0. The summed E-state index contributed by atoms with van der Waals surface area (Å²) >= 11 is 0. The number of amides is 1. The molecule has 0 aliphatic carbocycles. The third-order valence-electron chi connectivity index (χ3n) is 3.61. The van der Waals surface area contributed by atoms with Crippen LogP contribution in [-0.4, -0.2) is 54.5 Å². The summed E-state index contributed by atoms with van der Waals surface area (Å²) < 4.78 is 4.99. The lowest BCUT2D eigenvalue weighted by Gasteiger charge is -2.26. The minimum Gasteiger partial charge on any atom is -0.465 e. The summed E-state index contributed by atoms with van der Waals surface area (Å²) in [7, 11) is 0. The Bertz CT molecular complexity index is 631. The molecule has 1 amide bonds. The van der Waals surface area contributed by atoms with E-state index in [1.807, 2.05) is 42.5 Å². The lowest BCUT2D eigenvalue weighted by atomic mass is 10.2. The summed E-state index contributed by atoms with van der Waals surface area (Å²) in [5.41, 5.74) is 0.977. The van der Waals surface area contributed by atoms with Crippen molar-refractivity contribution in [1.82, 2.24) is 9.80 Å². The van der Waals surface area contributed by atoms with E-state index in [1.54, 1.807) is 11.8 Å². The van der Waals surface area contributed by atoms with Crippen LogP contribution in [0.3, 0.4) is 0 Å². The number of carbonyl (C=O) groups is 2. The van der Waals surface area contributed by atoms with Crippen molar-refractivity contribution in [3.8, 4) is 12.1 Å². The average Bonchev–Trinajstić information content (AvgIpc) is 2.62. The Hall–Kier alpha value is -2.90. The van der Waals surface area contributed by atoms with Crippen molar-refractivity contribution in [2.24, 2.45) is 0 Å². The second-order valence-corrected chi connectivity index (χ2v) is 5.63. The molecule has 0 unspecified atom stereocenters. The van der Waals surface area contributed by atoms with Gasteiger partial charge in [0.2, 0.25) is 5.91 Å². The van der Waals surface area contributed by atoms with Crippen molar-refractivity contribution in [2.45, 2.75) is 26.3 Å². The predicted octanol–water partition coefficient (Wildman–Crippen LogP) is 1.71. The molecule has 0 aliphatic rings. The largest absolute Gasteiger partial charge is 0.465 e. The Labute approximate surface area is 154 Å². The molecule has 1 aromatic rings. The van der Waals surface area contributed by atoms with Gasteiger partial charge in [-0.05, 0) is 12.5 Å². The Kier molecular flexibility index (Phi) is 10.1. The van der Waals surface area contributed by atoms with E-state index in [2.05, 4.69) is 0 Å². The van der Waals surface area contributed by atoms with Crippen LogP contribution in [-0.2, 0) is 20.9 Å². The van der Waals surface area contributed by atoms with Gasteiger partial charge in [-0.25, -0.2) is 0 Å². The van der Waals surface area contributed by atoms with Crippen LogP contribution in [0.2, 0.25) is 0 Å². The van der Waals surface area contributed by atoms with Gasteiger partial charge in [-0.15, -0.1) is 0 Å². The van der Waals surface area contributed by atoms with Crippen LogP contribution in [0.25, 0.3) is 0 Å². The number of nitrogens with zero attached hydrogens (tertiary/aromatic N) is 4. The summed E-state index contributed by atoms with van der Waals surface area (Å²) in [5, 5.41) is 17.5. The fraction of sp³-hybridized carbons (Fsp3) is 0.474. The number of hydrogen-bond acceptors (Lipinski definition) is 6. The second-order valence-electron chi connectivity index (χ2n) is 5.63. The van der Waals surface area contributed by atoms with Gasteiger partial charge in [0.25, 0.3) is 0 Å². The summed E-state index contributed by atoms with van der Waals surface area (Å²) in [5.74, 6) is -0.604. The van der Waals surface area contributed by atoms with Crippen LogP contribution in [0.4, 0.5) is 0 Å². The van der Waals surface area contributed by atoms with Gasteiger partial charge in [0.1, 0.15) is 0 Å². The van der Waals surface area contributed by atoms with Crippen molar-refractivity contribution >= 4 is 11.9 Å². The molecule has 0 bridgehead atoms. The van der Waals surface area contributed by atoms with Crippen LogP contribution in [0.5, 0.6) is 0 Å². The van der Waals surface area contributed by atoms with Gasteiger partial charge in [0.05, 0.1) is 44.7 Å². The fourth-order valence-electron chi connectivity index (χ4n) is 2.42. The van der Waals surface area contributed by atoms with Crippen LogP contribution in [0, 0.1) is 22.7 Å². The fourth-order valence-corrected chi connectivity index (χ4v) is 2.42. The molecule has 7 nitrogen and oxygen atoms in total. The topological polar surface area (TPSA) is 97.4 Å². The number of esters is 1. The Morgan fingerprint density at radius 1 is 1.04 bits per heavy atom. The predicted molar refractivity (Wildman–Crippen MR) is 95.4 cm³/mol. The third-order valence-corrected chi connectivity index (χ3v) is 3.61. The molecule has 138 valence electrons. The molecule has 0 aliphatic heterocycles. The first kappa shape index (κ1) is 21.1. The van der Waals surface area contributed by atoms with Gasteiger partial charge in [0.15, 0.2) is 0 Å². The molecule has 7 heteroatoms. The van der Waals surface area contributed by atoms with Crippen molar-refractivity contribution in [1.29, 1.82) is 10.5 Å². The smallest absolute Gasteiger partial charge is 0.320 e. The van der Waals surface area contributed by atoms with Crippen molar-refractivity contribution < 1.29 is 14.3 Å². The maximum absolute atomic E-state index is 12.6. The highest BCUT2D eigenvalue weighted by Crippen LogP contribution is 2.06. The number of rotatable bonds is 11. The Balaban J connectivity index is 2.80. The molecule has 0 atom stereocenters. The standard InChI is InChI=1S/C19H24N4O3/c1-2-26-19(25)16-22(14-17-8-4-3-5-9-17)15-18(24)23(12-6-10-20)13-7-11-21/h3-5,8-9H,2,6-7,12-16H2,1H3. The highest BCUT2D eigenvalue weighted by Gasteiger charge is 2.20. The first-order valence-electron chi connectivity index (χ1n) is 8.54. The molecule has 0 N–H and O–H groups in total. The summed E-state index contributed by atoms with van der Waals surface area (Å²) in [6.07, 6.45) is 0.404. The second kappa shape index (κ2) is 12.5. The first-order chi connectivity index (χ1) is 12.6. The van der Waals surface area contributed by atoms with Gasteiger partial charge in [0, 0.05) is 19.6 Å².